The lowest BCUT2D eigenvalue weighted by atomic mass is 9.94. The Labute approximate surface area is 89.9 Å². The van der Waals surface area contributed by atoms with Gasteiger partial charge >= 0.3 is 6.18 Å². The van der Waals surface area contributed by atoms with Gasteiger partial charge in [-0.1, -0.05) is 0 Å². The summed E-state index contributed by atoms with van der Waals surface area (Å²) in [6.45, 7) is 0.273. The number of rotatable bonds is 2. The first kappa shape index (κ1) is 12.7. The summed E-state index contributed by atoms with van der Waals surface area (Å²) in [6, 6.07) is 2.37. The van der Waals surface area contributed by atoms with Gasteiger partial charge in [0.1, 0.15) is 12.1 Å². The van der Waals surface area contributed by atoms with Gasteiger partial charge in [0, 0.05) is 13.1 Å². The van der Waals surface area contributed by atoms with Crippen molar-refractivity contribution in [2.45, 2.75) is 30.7 Å². The third-order valence-corrected chi connectivity index (χ3v) is 2.60. The van der Waals surface area contributed by atoms with E-state index in [0.717, 1.165) is 4.90 Å². The van der Waals surface area contributed by atoms with Crippen molar-refractivity contribution < 1.29 is 17.6 Å². The topological polar surface area (TPSA) is 50.8 Å². The van der Waals surface area contributed by atoms with Crippen molar-refractivity contribution >= 4 is 0 Å². The van der Waals surface area contributed by atoms with E-state index in [-0.39, 0.29) is 13.1 Å². The molecule has 0 saturated carbocycles. The Bertz CT molecular complexity index is 318. The molecule has 0 aromatic carbocycles. The van der Waals surface area contributed by atoms with Crippen LogP contribution in [0.5, 0.6) is 0 Å². The zero-order chi connectivity index (χ0) is 12.4. The van der Waals surface area contributed by atoms with Gasteiger partial charge in [0.05, 0.1) is 0 Å². The number of hydrogen-bond donors (Lipinski definition) is 0. The molecule has 0 bridgehead atoms. The lowest BCUT2D eigenvalue weighted by molar-refractivity contribution is -0.200. The lowest BCUT2D eigenvalue weighted by Gasteiger charge is -2.32. The lowest BCUT2D eigenvalue weighted by Crippen LogP contribution is -2.57. The molecule has 1 unspecified atom stereocenters. The Morgan fingerprint density at radius 2 is 1.50 bits per heavy atom. The quantitative estimate of drug-likeness (QED) is 0.685. The molecule has 0 amide bonds. The van der Waals surface area contributed by atoms with Gasteiger partial charge in [-0.25, -0.2) is 4.39 Å². The van der Waals surface area contributed by atoms with Crippen LogP contribution in [0.1, 0.15) is 12.8 Å². The maximum absolute atomic E-state index is 13.3. The molecule has 0 aliphatic carbocycles. The van der Waals surface area contributed by atoms with Crippen molar-refractivity contribution in [2.24, 2.45) is 0 Å². The highest BCUT2D eigenvalue weighted by Gasteiger charge is 2.59. The van der Waals surface area contributed by atoms with Crippen LogP contribution >= 0.6 is 0 Å². The van der Waals surface area contributed by atoms with E-state index in [9.17, 15) is 17.6 Å². The summed E-state index contributed by atoms with van der Waals surface area (Å²) in [5.74, 6) is 0. The fourth-order valence-corrected chi connectivity index (χ4v) is 1.75. The number of likely N-dealkylation sites (tertiary alicyclic amines) is 1. The molecule has 3 nitrogen and oxygen atoms in total. The molecule has 1 heterocycles. The molecular weight excluding hydrogens is 226 g/mol. The van der Waals surface area contributed by atoms with Crippen LogP contribution in [0.3, 0.4) is 0 Å². The second kappa shape index (κ2) is 4.26. The average molecular weight is 235 g/mol. The van der Waals surface area contributed by atoms with Gasteiger partial charge in [0.25, 0.3) is 0 Å². The van der Waals surface area contributed by atoms with E-state index in [1.54, 1.807) is 0 Å². The fourth-order valence-electron chi connectivity index (χ4n) is 1.75. The molecule has 0 N–H and O–H groups in total. The number of nitriles is 2. The van der Waals surface area contributed by atoms with Crippen LogP contribution in [0, 0.1) is 22.7 Å². The van der Waals surface area contributed by atoms with Crippen molar-refractivity contribution in [1.29, 1.82) is 10.5 Å². The van der Waals surface area contributed by atoms with E-state index in [1.807, 2.05) is 0 Å². The highest BCUT2D eigenvalue weighted by Crippen LogP contribution is 2.36. The van der Waals surface area contributed by atoms with Gasteiger partial charge < -0.3 is 0 Å². The Hall–Kier alpha value is -1.34. The van der Waals surface area contributed by atoms with E-state index in [0.29, 0.717) is 12.8 Å². The summed E-state index contributed by atoms with van der Waals surface area (Å²) in [5.41, 5.74) is -2.74. The summed E-state index contributed by atoms with van der Waals surface area (Å²) in [6.07, 6.45) is -7.53. The van der Waals surface area contributed by atoms with E-state index in [4.69, 9.17) is 10.5 Å². The third-order valence-electron chi connectivity index (χ3n) is 2.60. The minimum absolute atomic E-state index is 0.137. The van der Waals surface area contributed by atoms with E-state index in [2.05, 4.69) is 0 Å². The highest BCUT2D eigenvalue weighted by molar-refractivity contribution is 5.28. The van der Waals surface area contributed by atoms with Gasteiger partial charge in [0.2, 0.25) is 11.7 Å². The monoisotopic (exact) mass is 235 g/mol. The van der Waals surface area contributed by atoms with E-state index >= 15 is 0 Å². The van der Waals surface area contributed by atoms with E-state index < -0.39 is 17.9 Å². The van der Waals surface area contributed by atoms with Gasteiger partial charge in [0.15, 0.2) is 0 Å². The molecule has 1 aliphatic rings. The molecule has 7 heteroatoms. The predicted molar refractivity (Wildman–Crippen MR) is 45.7 cm³/mol. The van der Waals surface area contributed by atoms with Crippen LogP contribution in [-0.2, 0) is 0 Å². The van der Waals surface area contributed by atoms with Crippen LogP contribution in [0.15, 0.2) is 0 Å². The van der Waals surface area contributed by atoms with E-state index in [1.165, 1.54) is 12.1 Å². The predicted octanol–water partition coefficient (Wildman–Crippen LogP) is 1.77. The molecule has 1 fully saturated rings. The highest BCUT2D eigenvalue weighted by atomic mass is 19.4. The Morgan fingerprint density at radius 3 is 1.81 bits per heavy atom. The zero-order valence-electron chi connectivity index (χ0n) is 8.26. The van der Waals surface area contributed by atoms with Gasteiger partial charge in [-0.15, -0.1) is 0 Å². The SMILES string of the molecule is N#CC(C#N)(C(F)C(F)(F)F)N1CCCC1. The largest absolute Gasteiger partial charge is 0.423 e. The van der Waals surface area contributed by atoms with Crippen LogP contribution in [-0.4, -0.2) is 35.9 Å². The number of halogens is 4. The normalized spacial score (nSPS) is 20.1. The molecule has 88 valence electrons. The van der Waals surface area contributed by atoms with Crippen molar-refractivity contribution in [2.75, 3.05) is 13.1 Å². The standard InChI is InChI=1S/C9H9F4N3/c10-7(9(11,12)13)8(5-14,6-15)16-3-1-2-4-16/h7H,1-4H2. The first-order valence-corrected chi connectivity index (χ1v) is 4.67. The van der Waals surface area contributed by atoms with Crippen LogP contribution in [0.25, 0.3) is 0 Å². The molecule has 1 saturated heterocycles. The minimum atomic E-state index is -5.20. The Kier molecular flexibility index (Phi) is 3.39. The third kappa shape index (κ3) is 1.96. The Morgan fingerprint density at radius 1 is 1.06 bits per heavy atom. The van der Waals surface area contributed by atoms with Gasteiger partial charge in [-0.3, -0.25) is 4.90 Å². The average Bonchev–Trinajstić information content (AvgIpc) is 2.73. The smallest absolute Gasteiger partial charge is 0.271 e. The number of alkyl halides is 4. The number of nitrogens with zero attached hydrogens (tertiary/aromatic N) is 3. The molecule has 0 aromatic rings. The fraction of sp³-hybridized carbons (Fsp3) is 0.778. The molecular formula is C9H9F4N3. The van der Waals surface area contributed by atoms with Crippen molar-refractivity contribution in [3.8, 4) is 12.1 Å². The molecule has 0 radical (unpaired) electrons. The second-order valence-electron chi connectivity index (χ2n) is 3.59. The van der Waals surface area contributed by atoms with Crippen molar-refractivity contribution in [3.05, 3.63) is 0 Å². The van der Waals surface area contributed by atoms with Gasteiger partial charge in [-0.2, -0.15) is 23.7 Å². The molecule has 1 atom stereocenters. The molecule has 0 spiro atoms. The maximum Gasteiger partial charge on any atom is 0.423 e. The second-order valence-corrected chi connectivity index (χ2v) is 3.59. The summed E-state index contributed by atoms with van der Waals surface area (Å²) in [7, 11) is 0. The van der Waals surface area contributed by atoms with Crippen LogP contribution in [0.2, 0.25) is 0 Å². The van der Waals surface area contributed by atoms with Crippen LogP contribution in [0.4, 0.5) is 17.6 Å². The zero-order valence-corrected chi connectivity index (χ0v) is 8.26. The van der Waals surface area contributed by atoms with Crippen molar-refractivity contribution in [1.82, 2.24) is 4.90 Å². The molecule has 16 heavy (non-hydrogen) atoms. The van der Waals surface area contributed by atoms with Gasteiger partial charge in [-0.05, 0) is 12.8 Å². The summed E-state index contributed by atoms with van der Waals surface area (Å²) in [4.78, 5) is 0.963. The maximum atomic E-state index is 13.3. The minimum Gasteiger partial charge on any atom is -0.271 e. The molecule has 1 rings (SSSR count). The van der Waals surface area contributed by atoms with Crippen LogP contribution < -0.4 is 0 Å². The summed E-state index contributed by atoms with van der Waals surface area (Å²) < 4.78 is 50.1. The summed E-state index contributed by atoms with van der Waals surface area (Å²) in [5, 5.41) is 17.4. The van der Waals surface area contributed by atoms with Crippen molar-refractivity contribution in [3.63, 3.8) is 0 Å². The molecule has 1 aliphatic heterocycles. The Balaban J connectivity index is 3.07. The first-order valence-electron chi connectivity index (χ1n) is 4.67. The summed E-state index contributed by atoms with van der Waals surface area (Å²) >= 11 is 0. The number of hydrogen-bond acceptors (Lipinski definition) is 3. The molecule has 0 aromatic heterocycles. The first-order chi connectivity index (χ1) is 7.38.